The number of benzene rings is 1. The van der Waals surface area contributed by atoms with Gasteiger partial charge in [0.1, 0.15) is 0 Å². The van der Waals surface area contributed by atoms with Gasteiger partial charge < -0.3 is 24.9 Å². The van der Waals surface area contributed by atoms with Crippen LogP contribution in [-0.4, -0.2) is 36.8 Å². The number of furan rings is 1. The molecule has 3 N–H and O–H groups in total. The van der Waals surface area contributed by atoms with E-state index in [2.05, 4.69) is 23.6 Å². The van der Waals surface area contributed by atoms with Crippen LogP contribution in [0.3, 0.4) is 0 Å². The predicted molar refractivity (Wildman–Crippen MR) is 121 cm³/mol. The molecule has 5 unspecified atom stereocenters. The van der Waals surface area contributed by atoms with Crippen molar-refractivity contribution in [2.75, 3.05) is 13.7 Å². The van der Waals surface area contributed by atoms with Gasteiger partial charge >= 0.3 is 0 Å². The van der Waals surface area contributed by atoms with Crippen molar-refractivity contribution in [3.8, 4) is 11.5 Å². The largest absolute Gasteiger partial charge is 0.504 e. The molecule has 1 amide bonds. The Morgan fingerprint density at radius 3 is 2.97 bits per heavy atom. The Balaban J connectivity index is 1.36. The van der Waals surface area contributed by atoms with E-state index in [9.17, 15) is 9.90 Å². The van der Waals surface area contributed by atoms with E-state index in [1.165, 1.54) is 5.56 Å². The summed E-state index contributed by atoms with van der Waals surface area (Å²) in [6.45, 7) is 3.43. The van der Waals surface area contributed by atoms with Gasteiger partial charge in [-0.2, -0.15) is 0 Å². The molecule has 2 aromatic rings. The highest BCUT2D eigenvalue weighted by Crippen LogP contribution is 2.74. The zero-order chi connectivity index (χ0) is 22.1. The number of hydrogen-bond donors (Lipinski definition) is 3. The van der Waals surface area contributed by atoms with Gasteiger partial charge in [-0.1, -0.05) is 13.0 Å². The minimum atomic E-state index is -0.183. The van der Waals surface area contributed by atoms with Crippen LogP contribution in [0.25, 0.3) is 6.08 Å². The second-order valence-corrected chi connectivity index (χ2v) is 10.5. The van der Waals surface area contributed by atoms with Crippen LogP contribution in [0.2, 0.25) is 0 Å². The third-order valence-electron chi connectivity index (χ3n) is 9.05. The van der Waals surface area contributed by atoms with Crippen LogP contribution in [0.1, 0.15) is 49.3 Å². The maximum atomic E-state index is 12.7. The highest BCUT2D eigenvalue weighted by atomic mass is 16.5. The lowest BCUT2D eigenvalue weighted by molar-refractivity contribution is -0.117. The molecule has 6 rings (SSSR count). The third kappa shape index (κ3) is 2.47. The molecule has 1 aromatic heterocycles. The van der Waals surface area contributed by atoms with Crippen LogP contribution < -0.4 is 15.4 Å². The minimum Gasteiger partial charge on any atom is -0.504 e. The van der Waals surface area contributed by atoms with Gasteiger partial charge in [0.2, 0.25) is 5.91 Å². The van der Waals surface area contributed by atoms with Crippen LogP contribution in [0.4, 0.5) is 0 Å². The first-order valence-electron chi connectivity index (χ1n) is 11.5. The quantitative estimate of drug-likeness (QED) is 0.641. The molecule has 2 saturated carbocycles. The average molecular weight is 435 g/mol. The molecule has 5 atom stereocenters. The number of methoxy groups -OCH3 is 1. The van der Waals surface area contributed by atoms with Crippen LogP contribution >= 0.6 is 0 Å². The third-order valence-corrected chi connectivity index (χ3v) is 9.05. The van der Waals surface area contributed by atoms with Gasteiger partial charge in [0.25, 0.3) is 0 Å². The number of phenolic OH excluding ortho intramolecular Hbond substituents is 1. The lowest BCUT2D eigenvalue weighted by atomic mass is 9.53. The number of fused-ring (bicyclic) bond motifs is 2. The van der Waals surface area contributed by atoms with Crippen LogP contribution in [-0.2, 0) is 16.6 Å². The normalized spacial score (nSPS) is 36.7. The first-order chi connectivity index (χ1) is 15.4. The number of amides is 1. The highest BCUT2D eigenvalue weighted by molar-refractivity contribution is 5.91. The molecule has 3 fully saturated rings. The Hall–Kier alpha value is -2.73. The fraction of sp³-hybridized carbons (Fsp3) is 0.500. The summed E-state index contributed by atoms with van der Waals surface area (Å²) >= 11 is 0. The number of nitrogens with one attached hydrogen (secondary N) is 2. The second kappa shape index (κ2) is 6.64. The van der Waals surface area contributed by atoms with E-state index >= 15 is 0 Å². The Morgan fingerprint density at radius 1 is 1.38 bits per heavy atom. The Labute approximate surface area is 188 Å². The second-order valence-electron chi connectivity index (χ2n) is 10.5. The molecule has 2 bridgehead atoms. The highest BCUT2D eigenvalue weighted by Gasteiger charge is 2.74. The van der Waals surface area contributed by atoms with E-state index in [0.717, 1.165) is 49.8 Å². The first kappa shape index (κ1) is 19.9. The van der Waals surface area contributed by atoms with Crippen molar-refractivity contribution in [1.29, 1.82) is 0 Å². The Morgan fingerprint density at radius 2 is 2.25 bits per heavy atom. The van der Waals surface area contributed by atoms with Crippen molar-refractivity contribution in [2.24, 2.45) is 10.8 Å². The lowest BCUT2D eigenvalue weighted by Crippen LogP contribution is -2.65. The number of hydrogen-bond acceptors (Lipinski definition) is 5. The Kier molecular flexibility index (Phi) is 4.13. The van der Waals surface area contributed by atoms with Gasteiger partial charge in [0, 0.05) is 46.7 Å². The zero-order valence-corrected chi connectivity index (χ0v) is 18.6. The lowest BCUT2D eigenvalue weighted by Gasteiger charge is -2.54. The molecular weight excluding hydrogens is 404 g/mol. The van der Waals surface area contributed by atoms with E-state index in [4.69, 9.17) is 9.15 Å². The molecule has 32 heavy (non-hydrogen) atoms. The summed E-state index contributed by atoms with van der Waals surface area (Å²) in [6.07, 6.45) is 11.4. The summed E-state index contributed by atoms with van der Waals surface area (Å²) < 4.78 is 10.6. The van der Waals surface area contributed by atoms with Crippen molar-refractivity contribution in [3.63, 3.8) is 0 Å². The predicted octanol–water partition coefficient (Wildman–Crippen LogP) is 3.54. The fourth-order valence-electron chi connectivity index (χ4n) is 7.78. The number of aromatic hydroxyl groups is 1. The molecule has 1 saturated heterocycles. The molecule has 0 radical (unpaired) electrons. The number of phenols is 1. The first-order valence-corrected chi connectivity index (χ1v) is 11.5. The van der Waals surface area contributed by atoms with Crippen molar-refractivity contribution < 1.29 is 19.1 Å². The summed E-state index contributed by atoms with van der Waals surface area (Å²) in [7, 11) is 1.61. The summed E-state index contributed by atoms with van der Waals surface area (Å²) in [5.74, 6) is 0.743. The van der Waals surface area contributed by atoms with Gasteiger partial charge in [-0.05, 0) is 61.3 Å². The summed E-state index contributed by atoms with van der Waals surface area (Å²) in [5, 5.41) is 18.3. The number of ether oxygens (including phenoxy) is 1. The van der Waals surface area contributed by atoms with Crippen molar-refractivity contribution in [1.82, 2.24) is 10.6 Å². The number of carbonyl (C=O) groups excluding carboxylic acids is 1. The SMILES string of the molecule is COc1ccc2c(c1O)C13CC(NC(=O)/C=C/c4ccoc4)CCC1(C)C1NCC1(C2)C3. The topological polar surface area (TPSA) is 83.7 Å². The molecule has 168 valence electrons. The molecule has 6 nitrogen and oxygen atoms in total. The van der Waals surface area contributed by atoms with E-state index in [-0.39, 0.29) is 28.2 Å². The Bertz CT molecular complexity index is 1110. The molecule has 1 aromatic carbocycles. The van der Waals surface area contributed by atoms with Gasteiger partial charge in [-0.15, -0.1) is 0 Å². The van der Waals surface area contributed by atoms with Crippen molar-refractivity contribution in [2.45, 2.75) is 56.5 Å². The van der Waals surface area contributed by atoms with E-state index in [1.807, 2.05) is 12.1 Å². The molecule has 2 spiro atoms. The van der Waals surface area contributed by atoms with Gasteiger partial charge in [-0.25, -0.2) is 0 Å². The standard InChI is InChI=1S/C26H30N2O4/c1-24-9-7-18(28-20(29)6-3-16-8-10-32-13-16)12-26(24)14-25(15-27-23(24)25)11-17-4-5-19(31-2)22(30)21(17)26/h3-6,8,10,13,18,23,27,30H,7,9,11-12,14-15H2,1-2H3,(H,28,29)/b6-3+. The van der Waals surface area contributed by atoms with Gasteiger partial charge in [0.05, 0.1) is 19.6 Å². The maximum absolute atomic E-state index is 12.7. The molecule has 1 aliphatic heterocycles. The van der Waals surface area contributed by atoms with Gasteiger partial charge in [-0.3, -0.25) is 4.79 Å². The minimum absolute atomic E-state index is 0.0359. The van der Waals surface area contributed by atoms with Crippen molar-refractivity contribution >= 4 is 12.0 Å². The van der Waals surface area contributed by atoms with E-state index in [1.54, 1.807) is 31.8 Å². The van der Waals surface area contributed by atoms with E-state index < -0.39 is 0 Å². The zero-order valence-electron chi connectivity index (χ0n) is 18.6. The average Bonchev–Trinajstić information content (AvgIpc) is 3.31. The number of carbonyl (C=O) groups is 1. The molecule has 6 heteroatoms. The smallest absolute Gasteiger partial charge is 0.244 e. The summed E-state index contributed by atoms with van der Waals surface area (Å²) in [5.41, 5.74) is 3.29. The summed E-state index contributed by atoms with van der Waals surface area (Å²) in [6, 6.07) is 6.38. The maximum Gasteiger partial charge on any atom is 0.244 e. The van der Waals surface area contributed by atoms with Crippen LogP contribution in [0, 0.1) is 10.8 Å². The monoisotopic (exact) mass is 434 g/mol. The number of rotatable bonds is 4. The van der Waals surface area contributed by atoms with E-state index in [0.29, 0.717) is 17.5 Å². The molecular formula is C26H30N2O4. The van der Waals surface area contributed by atoms with Crippen molar-refractivity contribution in [3.05, 3.63) is 53.5 Å². The fourth-order valence-corrected chi connectivity index (χ4v) is 7.78. The molecule has 2 heterocycles. The van der Waals surface area contributed by atoms with Crippen LogP contribution in [0.15, 0.2) is 41.2 Å². The van der Waals surface area contributed by atoms with Crippen LogP contribution in [0.5, 0.6) is 11.5 Å². The summed E-state index contributed by atoms with van der Waals surface area (Å²) in [4.78, 5) is 12.7. The molecule has 4 aliphatic rings. The molecule has 3 aliphatic carbocycles. The van der Waals surface area contributed by atoms with Gasteiger partial charge in [0.15, 0.2) is 11.5 Å².